The molecule has 0 aliphatic carbocycles. The van der Waals surface area contributed by atoms with E-state index in [4.69, 9.17) is 14.5 Å². The molecule has 1 aliphatic heterocycles. The molecule has 1 aliphatic rings. The van der Waals surface area contributed by atoms with Crippen LogP contribution in [-0.4, -0.2) is 56.2 Å². The van der Waals surface area contributed by atoms with Crippen LogP contribution in [0.15, 0.2) is 48.5 Å². The van der Waals surface area contributed by atoms with Gasteiger partial charge in [0.2, 0.25) is 5.91 Å². The Kier molecular flexibility index (Phi) is 5.67. The van der Waals surface area contributed by atoms with E-state index in [1.807, 2.05) is 53.4 Å². The normalized spacial score (nSPS) is 14.6. The minimum atomic E-state index is 0.0427. The number of carbonyl (C=O) groups is 1. The number of ether oxygens (including phenoxy) is 2. The largest absolute Gasteiger partial charge is 0.495 e. The molecule has 29 heavy (non-hydrogen) atoms. The number of amides is 1. The minimum Gasteiger partial charge on any atom is -0.495 e. The van der Waals surface area contributed by atoms with Gasteiger partial charge in [0.05, 0.1) is 14.2 Å². The molecule has 0 unspecified atom stereocenters. The summed E-state index contributed by atoms with van der Waals surface area (Å²) in [6.45, 7) is 2.83. The molecule has 1 fully saturated rings. The van der Waals surface area contributed by atoms with Crippen molar-refractivity contribution in [1.82, 2.24) is 9.88 Å². The standard InChI is InChI=1S/C22H23N3O3S/c1-27-17-9-10-18(28-2)21-20(17)23-22(29-21)25-14-12-24(13-15-25)19(26)11-8-16-6-4-3-5-7-16/h3-11H,12-15H2,1-2H3/b11-8+. The van der Waals surface area contributed by atoms with Crippen molar-refractivity contribution in [2.24, 2.45) is 0 Å². The number of carbonyl (C=O) groups excluding carboxylic acids is 1. The number of hydrogen-bond acceptors (Lipinski definition) is 6. The van der Waals surface area contributed by atoms with Crippen LogP contribution in [0.2, 0.25) is 0 Å². The van der Waals surface area contributed by atoms with Gasteiger partial charge in [0.25, 0.3) is 0 Å². The Morgan fingerprint density at radius 3 is 2.38 bits per heavy atom. The Morgan fingerprint density at radius 1 is 1.00 bits per heavy atom. The minimum absolute atomic E-state index is 0.0427. The lowest BCUT2D eigenvalue weighted by Gasteiger charge is -2.34. The third kappa shape index (κ3) is 4.05. The van der Waals surface area contributed by atoms with E-state index in [0.29, 0.717) is 13.1 Å². The molecule has 1 aromatic heterocycles. The van der Waals surface area contributed by atoms with Crippen LogP contribution in [0.5, 0.6) is 11.5 Å². The van der Waals surface area contributed by atoms with Crippen molar-refractivity contribution in [3.8, 4) is 11.5 Å². The summed E-state index contributed by atoms with van der Waals surface area (Å²) < 4.78 is 11.9. The quantitative estimate of drug-likeness (QED) is 0.602. The van der Waals surface area contributed by atoms with Crippen molar-refractivity contribution >= 4 is 38.7 Å². The van der Waals surface area contributed by atoms with Gasteiger partial charge in [0.15, 0.2) is 5.13 Å². The topological polar surface area (TPSA) is 54.9 Å². The number of fused-ring (bicyclic) bond motifs is 1. The Hall–Kier alpha value is -3.06. The molecular weight excluding hydrogens is 386 g/mol. The number of piperazine rings is 1. The van der Waals surface area contributed by atoms with E-state index in [0.717, 1.165) is 45.5 Å². The molecule has 3 aromatic rings. The summed E-state index contributed by atoms with van der Waals surface area (Å²) in [4.78, 5) is 21.4. The Morgan fingerprint density at radius 2 is 1.69 bits per heavy atom. The van der Waals surface area contributed by atoms with Gasteiger partial charge >= 0.3 is 0 Å². The number of rotatable bonds is 5. The van der Waals surface area contributed by atoms with E-state index < -0.39 is 0 Å². The summed E-state index contributed by atoms with van der Waals surface area (Å²) in [5.74, 6) is 1.58. The second-order valence-electron chi connectivity index (χ2n) is 6.70. The Labute approximate surface area is 174 Å². The van der Waals surface area contributed by atoms with E-state index >= 15 is 0 Å². The summed E-state index contributed by atoms with van der Waals surface area (Å²) in [7, 11) is 3.31. The van der Waals surface area contributed by atoms with Crippen LogP contribution in [0, 0.1) is 0 Å². The maximum Gasteiger partial charge on any atom is 0.246 e. The molecule has 1 amide bonds. The molecule has 0 radical (unpaired) electrons. The van der Waals surface area contributed by atoms with E-state index in [9.17, 15) is 4.79 Å². The van der Waals surface area contributed by atoms with Crippen LogP contribution in [-0.2, 0) is 4.79 Å². The second-order valence-corrected chi connectivity index (χ2v) is 7.68. The summed E-state index contributed by atoms with van der Waals surface area (Å²) in [5.41, 5.74) is 1.84. The molecule has 0 spiro atoms. The molecule has 1 saturated heterocycles. The van der Waals surface area contributed by atoms with E-state index in [1.165, 1.54) is 0 Å². The zero-order valence-corrected chi connectivity index (χ0v) is 17.3. The van der Waals surface area contributed by atoms with Gasteiger partial charge in [-0.15, -0.1) is 0 Å². The lowest BCUT2D eigenvalue weighted by molar-refractivity contribution is -0.126. The number of anilines is 1. The molecule has 2 heterocycles. The predicted octanol–water partition coefficient (Wildman–Crippen LogP) is 3.68. The molecule has 2 aromatic carbocycles. The Bertz CT molecular complexity index is 983. The van der Waals surface area contributed by atoms with Gasteiger partial charge in [-0.25, -0.2) is 4.98 Å². The molecule has 6 nitrogen and oxygen atoms in total. The van der Waals surface area contributed by atoms with Crippen molar-refractivity contribution in [2.75, 3.05) is 45.3 Å². The highest BCUT2D eigenvalue weighted by molar-refractivity contribution is 7.22. The highest BCUT2D eigenvalue weighted by Gasteiger charge is 2.23. The smallest absolute Gasteiger partial charge is 0.246 e. The molecule has 7 heteroatoms. The highest BCUT2D eigenvalue weighted by Crippen LogP contribution is 2.40. The second kappa shape index (κ2) is 8.53. The maximum absolute atomic E-state index is 12.5. The third-order valence-corrected chi connectivity index (χ3v) is 6.11. The number of methoxy groups -OCH3 is 2. The van der Waals surface area contributed by atoms with Gasteiger partial charge in [0.1, 0.15) is 21.7 Å². The first kappa shape index (κ1) is 19.3. The summed E-state index contributed by atoms with van der Waals surface area (Å²) >= 11 is 1.59. The fraction of sp³-hybridized carbons (Fsp3) is 0.273. The zero-order valence-electron chi connectivity index (χ0n) is 16.5. The lowest BCUT2D eigenvalue weighted by Crippen LogP contribution is -2.48. The predicted molar refractivity (Wildman–Crippen MR) is 117 cm³/mol. The van der Waals surface area contributed by atoms with Crippen LogP contribution < -0.4 is 14.4 Å². The number of benzene rings is 2. The van der Waals surface area contributed by atoms with Gasteiger partial charge in [0, 0.05) is 32.3 Å². The lowest BCUT2D eigenvalue weighted by atomic mass is 10.2. The van der Waals surface area contributed by atoms with Gasteiger partial charge < -0.3 is 19.3 Å². The van der Waals surface area contributed by atoms with Gasteiger partial charge in [-0.1, -0.05) is 41.7 Å². The third-order valence-electron chi connectivity index (χ3n) is 4.98. The van der Waals surface area contributed by atoms with Gasteiger partial charge in [-0.3, -0.25) is 4.79 Å². The van der Waals surface area contributed by atoms with Crippen LogP contribution in [0.1, 0.15) is 5.56 Å². The van der Waals surface area contributed by atoms with E-state index in [-0.39, 0.29) is 5.91 Å². The van der Waals surface area contributed by atoms with Crippen molar-refractivity contribution in [1.29, 1.82) is 0 Å². The monoisotopic (exact) mass is 409 g/mol. The average Bonchev–Trinajstić information content (AvgIpc) is 3.23. The highest BCUT2D eigenvalue weighted by atomic mass is 32.1. The zero-order chi connectivity index (χ0) is 20.2. The first-order valence-corrected chi connectivity index (χ1v) is 10.3. The average molecular weight is 410 g/mol. The summed E-state index contributed by atoms with van der Waals surface area (Å²) in [6.07, 6.45) is 3.51. The first-order valence-electron chi connectivity index (χ1n) is 9.48. The molecular formula is C22H23N3O3S. The molecule has 4 rings (SSSR count). The SMILES string of the molecule is COc1ccc(OC)c2sc(N3CCN(C(=O)/C=C/c4ccccc4)CC3)nc12. The van der Waals surface area contributed by atoms with Crippen molar-refractivity contribution in [2.45, 2.75) is 0 Å². The summed E-state index contributed by atoms with van der Waals surface area (Å²) in [6, 6.07) is 13.6. The maximum atomic E-state index is 12.5. The van der Waals surface area contributed by atoms with Crippen molar-refractivity contribution < 1.29 is 14.3 Å². The van der Waals surface area contributed by atoms with Gasteiger partial charge in [-0.2, -0.15) is 0 Å². The van der Waals surface area contributed by atoms with E-state index in [1.54, 1.807) is 31.6 Å². The Balaban J connectivity index is 1.44. The van der Waals surface area contributed by atoms with Crippen molar-refractivity contribution in [3.63, 3.8) is 0 Å². The van der Waals surface area contributed by atoms with Crippen LogP contribution in [0.4, 0.5) is 5.13 Å². The first-order chi connectivity index (χ1) is 14.2. The number of thiazole rings is 1. The fourth-order valence-electron chi connectivity index (χ4n) is 3.36. The number of aromatic nitrogens is 1. The summed E-state index contributed by atoms with van der Waals surface area (Å²) in [5, 5.41) is 0.926. The molecule has 0 N–H and O–H groups in total. The number of nitrogens with zero attached hydrogens (tertiary/aromatic N) is 3. The van der Waals surface area contributed by atoms with Crippen LogP contribution >= 0.6 is 11.3 Å². The van der Waals surface area contributed by atoms with E-state index in [2.05, 4.69) is 4.90 Å². The molecule has 0 bridgehead atoms. The van der Waals surface area contributed by atoms with Gasteiger partial charge in [-0.05, 0) is 23.8 Å². The number of hydrogen-bond donors (Lipinski definition) is 0. The van der Waals surface area contributed by atoms with Crippen molar-refractivity contribution in [3.05, 3.63) is 54.1 Å². The molecule has 0 saturated carbocycles. The molecule has 0 atom stereocenters. The molecule has 150 valence electrons. The van der Waals surface area contributed by atoms with Crippen LogP contribution in [0.25, 0.3) is 16.3 Å². The fourth-order valence-corrected chi connectivity index (χ4v) is 4.49. The van der Waals surface area contributed by atoms with Crippen LogP contribution in [0.3, 0.4) is 0 Å².